The van der Waals surface area contributed by atoms with Crippen LogP contribution in [0.25, 0.3) is 0 Å². The van der Waals surface area contributed by atoms with Crippen LogP contribution in [-0.4, -0.2) is 21.3 Å². The third-order valence-corrected chi connectivity index (χ3v) is 1.58. The van der Waals surface area contributed by atoms with Crippen LogP contribution in [0.5, 0.6) is 17.4 Å². The van der Waals surface area contributed by atoms with E-state index in [-0.39, 0.29) is 5.88 Å². The highest BCUT2D eigenvalue weighted by Gasteiger charge is 2.16. The maximum Gasteiger partial charge on any atom is 0.422 e. The van der Waals surface area contributed by atoms with Crippen molar-refractivity contribution in [3.05, 3.63) is 17.5 Å². The summed E-state index contributed by atoms with van der Waals surface area (Å²) in [6.45, 7) is 0. The molecule has 1 rings (SSSR count). The molecule has 72 valence electrons. The minimum absolute atomic E-state index is 0.114. The Morgan fingerprint density at radius 2 is 1.85 bits per heavy atom. The lowest BCUT2D eigenvalue weighted by atomic mass is 10.4. The molecule has 0 spiro atoms. The Balaban J connectivity index is 3.20. The van der Waals surface area contributed by atoms with Gasteiger partial charge in [-0.05, 0) is 0 Å². The minimum atomic E-state index is 0.114. The van der Waals surface area contributed by atoms with Crippen molar-refractivity contribution in [3.63, 3.8) is 0 Å². The molecular weight excluding hydrogens is 174 g/mol. The number of rotatable bonds is 3. The lowest BCUT2D eigenvalue weighted by Crippen LogP contribution is -2.28. The summed E-state index contributed by atoms with van der Waals surface area (Å²) in [6.07, 6.45) is 1.27. The van der Waals surface area contributed by atoms with Gasteiger partial charge in [-0.2, -0.15) is 0 Å². The molecule has 1 aromatic heterocycles. The second kappa shape index (κ2) is 3.84. The predicted octanol–water partition coefficient (Wildman–Crippen LogP) is 0.346. The molecule has 0 bridgehead atoms. The second-order valence-corrected chi connectivity index (χ2v) is 2.28. The fourth-order valence-electron chi connectivity index (χ4n) is 0.959. The predicted molar refractivity (Wildman–Crippen MR) is 45.1 cm³/mol. The van der Waals surface area contributed by atoms with Gasteiger partial charge in [-0.3, -0.25) is 0 Å². The van der Waals surface area contributed by atoms with Crippen LogP contribution < -0.4 is 18.9 Å². The highest BCUT2D eigenvalue weighted by atomic mass is 16.6. The number of ether oxygens (including phenoxy) is 3. The van der Waals surface area contributed by atoms with Crippen LogP contribution in [0.4, 0.5) is 0 Å². The molecule has 0 amide bonds. The van der Waals surface area contributed by atoms with Crippen LogP contribution in [0.3, 0.4) is 0 Å². The highest BCUT2D eigenvalue weighted by Crippen LogP contribution is 2.25. The van der Waals surface area contributed by atoms with E-state index in [0.717, 1.165) is 0 Å². The Morgan fingerprint density at radius 3 is 2.31 bits per heavy atom. The third kappa shape index (κ3) is 1.74. The van der Waals surface area contributed by atoms with Gasteiger partial charge >= 0.3 is 5.88 Å². The van der Waals surface area contributed by atoms with Gasteiger partial charge in [0.25, 0.3) is 0 Å². The van der Waals surface area contributed by atoms with E-state index >= 15 is 0 Å². The standard InChI is InChI=1S/C8H11NO4/c1-11-6-4-7(12-2)8(13-3)9(10)5-6/h4-5H,1-3H3. The van der Waals surface area contributed by atoms with Gasteiger partial charge in [0.1, 0.15) is 0 Å². The summed E-state index contributed by atoms with van der Waals surface area (Å²) < 4.78 is 15.2. The molecule has 1 heterocycles. The van der Waals surface area contributed by atoms with Gasteiger partial charge in [-0.1, -0.05) is 0 Å². The van der Waals surface area contributed by atoms with E-state index < -0.39 is 0 Å². The molecule has 0 N–H and O–H groups in total. The molecular formula is C8H11NO4. The molecule has 0 aliphatic carbocycles. The molecule has 0 radical (unpaired) electrons. The summed E-state index contributed by atoms with van der Waals surface area (Å²) >= 11 is 0. The van der Waals surface area contributed by atoms with Gasteiger partial charge in [0.05, 0.1) is 21.3 Å². The van der Waals surface area contributed by atoms with Crippen LogP contribution in [0.15, 0.2) is 12.3 Å². The normalized spacial score (nSPS) is 9.46. The lowest BCUT2D eigenvalue weighted by Gasteiger charge is -2.08. The number of hydrogen-bond donors (Lipinski definition) is 0. The monoisotopic (exact) mass is 185 g/mol. The van der Waals surface area contributed by atoms with Crippen LogP contribution in [0.2, 0.25) is 0 Å². The van der Waals surface area contributed by atoms with Gasteiger partial charge in [0.15, 0.2) is 5.75 Å². The molecule has 0 aromatic carbocycles. The Morgan fingerprint density at radius 1 is 1.15 bits per heavy atom. The molecule has 5 heteroatoms. The molecule has 0 saturated heterocycles. The zero-order chi connectivity index (χ0) is 9.84. The van der Waals surface area contributed by atoms with E-state index in [1.165, 1.54) is 27.5 Å². The summed E-state index contributed by atoms with van der Waals surface area (Å²) in [7, 11) is 4.33. The van der Waals surface area contributed by atoms with E-state index in [1.807, 2.05) is 0 Å². The van der Waals surface area contributed by atoms with Crippen molar-refractivity contribution in [3.8, 4) is 17.4 Å². The Kier molecular flexibility index (Phi) is 2.79. The molecule has 0 atom stereocenters. The van der Waals surface area contributed by atoms with E-state index in [2.05, 4.69) is 0 Å². The molecule has 1 aromatic rings. The number of nitrogens with zero attached hydrogens (tertiary/aromatic N) is 1. The van der Waals surface area contributed by atoms with Crippen molar-refractivity contribution in [2.45, 2.75) is 0 Å². The summed E-state index contributed by atoms with van der Waals surface area (Å²) in [4.78, 5) is 0. The van der Waals surface area contributed by atoms with E-state index in [0.29, 0.717) is 16.2 Å². The molecule has 0 fully saturated rings. The summed E-state index contributed by atoms with van der Waals surface area (Å²) in [5.74, 6) is 0.882. The first-order valence-corrected chi connectivity index (χ1v) is 3.62. The molecule has 0 unspecified atom stereocenters. The number of hydrogen-bond acceptors (Lipinski definition) is 4. The van der Waals surface area contributed by atoms with E-state index in [1.54, 1.807) is 6.07 Å². The Labute approximate surface area is 76.0 Å². The Hall–Kier alpha value is -1.65. The van der Waals surface area contributed by atoms with Crippen molar-refractivity contribution < 1.29 is 18.9 Å². The molecule has 5 nitrogen and oxygen atoms in total. The van der Waals surface area contributed by atoms with Gasteiger partial charge in [-0.25, -0.2) is 0 Å². The topological polar surface area (TPSA) is 54.6 Å². The highest BCUT2D eigenvalue weighted by molar-refractivity contribution is 5.35. The van der Waals surface area contributed by atoms with Crippen LogP contribution in [0, 0.1) is 5.21 Å². The molecule has 0 aliphatic heterocycles. The van der Waals surface area contributed by atoms with Crippen molar-refractivity contribution in [1.29, 1.82) is 0 Å². The first kappa shape index (κ1) is 9.44. The molecule has 13 heavy (non-hydrogen) atoms. The van der Waals surface area contributed by atoms with Crippen molar-refractivity contribution in [2.24, 2.45) is 0 Å². The van der Waals surface area contributed by atoms with Crippen molar-refractivity contribution in [1.82, 2.24) is 0 Å². The smallest absolute Gasteiger partial charge is 0.422 e. The first-order chi connectivity index (χ1) is 6.22. The number of methoxy groups -OCH3 is 3. The fourth-order valence-corrected chi connectivity index (χ4v) is 0.959. The molecule has 0 saturated carbocycles. The van der Waals surface area contributed by atoms with Gasteiger partial charge in [0, 0.05) is 6.07 Å². The number of pyridine rings is 1. The average Bonchev–Trinajstić information content (AvgIpc) is 2.16. The largest absolute Gasteiger partial charge is 0.616 e. The van der Waals surface area contributed by atoms with E-state index in [4.69, 9.17) is 14.2 Å². The Bertz CT molecular complexity index is 300. The fraction of sp³-hybridized carbons (Fsp3) is 0.375. The molecule has 0 aliphatic rings. The van der Waals surface area contributed by atoms with Crippen molar-refractivity contribution >= 4 is 0 Å². The minimum Gasteiger partial charge on any atom is -0.616 e. The second-order valence-electron chi connectivity index (χ2n) is 2.28. The summed E-state index contributed by atoms with van der Waals surface area (Å²) in [5, 5.41) is 11.2. The van der Waals surface area contributed by atoms with Crippen LogP contribution >= 0.6 is 0 Å². The van der Waals surface area contributed by atoms with Crippen LogP contribution in [-0.2, 0) is 0 Å². The van der Waals surface area contributed by atoms with Crippen molar-refractivity contribution in [2.75, 3.05) is 21.3 Å². The van der Waals surface area contributed by atoms with Gasteiger partial charge in [-0.15, -0.1) is 4.73 Å². The maximum atomic E-state index is 11.2. The van der Waals surface area contributed by atoms with Crippen LogP contribution in [0.1, 0.15) is 0 Å². The third-order valence-electron chi connectivity index (χ3n) is 1.58. The van der Waals surface area contributed by atoms with Gasteiger partial charge < -0.3 is 19.4 Å². The summed E-state index contributed by atoms with van der Waals surface area (Å²) in [5.41, 5.74) is 0. The zero-order valence-electron chi connectivity index (χ0n) is 7.73. The van der Waals surface area contributed by atoms with E-state index in [9.17, 15) is 5.21 Å². The first-order valence-electron chi connectivity index (χ1n) is 3.62. The SMILES string of the molecule is COc1cc(OC)c(OC)[n+]([O-])c1. The summed E-state index contributed by atoms with van der Waals surface area (Å²) in [6, 6.07) is 1.58. The average molecular weight is 185 g/mol. The lowest BCUT2D eigenvalue weighted by molar-refractivity contribution is -0.613. The maximum absolute atomic E-state index is 11.2. The zero-order valence-corrected chi connectivity index (χ0v) is 7.73. The quantitative estimate of drug-likeness (QED) is 0.503. The van der Waals surface area contributed by atoms with Gasteiger partial charge in [0.2, 0.25) is 11.9 Å². The number of aromatic nitrogens is 1.